The second-order valence-corrected chi connectivity index (χ2v) is 10.1. The van der Waals surface area contributed by atoms with Crippen LogP contribution in [0.2, 0.25) is 0 Å². The molecule has 0 amide bonds. The van der Waals surface area contributed by atoms with Gasteiger partial charge in [0.05, 0.1) is 0 Å². The van der Waals surface area contributed by atoms with Gasteiger partial charge in [0, 0.05) is 63.3 Å². The van der Waals surface area contributed by atoms with Crippen LogP contribution in [0.25, 0.3) is 0 Å². The van der Waals surface area contributed by atoms with E-state index in [2.05, 4.69) is 31.6 Å². The predicted octanol–water partition coefficient (Wildman–Crippen LogP) is 3.54. The summed E-state index contributed by atoms with van der Waals surface area (Å²) < 4.78 is 20.9. The Morgan fingerprint density at radius 3 is 2.71 bits per heavy atom. The predicted molar refractivity (Wildman–Crippen MR) is 121 cm³/mol. The number of likely N-dealkylation sites (tertiary alicyclic amines) is 1. The van der Waals surface area contributed by atoms with Gasteiger partial charge >= 0.3 is 0 Å². The van der Waals surface area contributed by atoms with Crippen LogP contribution in [0, 0.1) is 11.7 Å². The van der Waals surface area contributed by atoms with Crippen LogP contribution in [0.1, 0.15) is 37.4 Å². The number of ether oxygens (including phenoxy) is 1. The van der Waals surface area contributed by atoms with Gasteiger partial charge in [0.15, 0.2) is 5.16 Å². The van der Waals surface area contributed by atoms with Gasteiger partial charge in [-0.3, -0.25) is 0 Å². The normalized spacial score (nSPS) is 24.8. The number of hydrogen-bond acceptors (Lipinski definition) is 6. The van der Waals surface area contributed by atoms with Crippen molar-refractivity contribution in [1.82, 2.24) is 19.7 Å². The van der Waals surface area contributed by atoms with Gasteiger partial charge in [-0.05, 0) is 62.4 Å². The Hall–Kier alpha value is -1.64. The highest BCUT2D eigenvalue weighted by Gasteiger charge is 2.41. The number of hydrogen-bond donors (Lipinski definition) is 0. The van der Waals surface area contributed by atoms with Crippen LogP contribution in [0.5, 0.6) is 0 Å². The lowest BCUT2D eigenvalue weighted by Gasteiger charge is -2.27. The van der Waals surface area contributed by atoms with Crippen molar-refractivity contribution in [3.05, 3.63) is 35.9 Å². The number of fused-ring (bicyclic) bond motifs is 1. The van der Waals surface area contributed by atoms with Crippen molar-refractivity contribution in [3.63, 3.8) is 0 Å². The monoisotopic (exact) mass is 445 g/mol. The van der Waals surface area contributed by atoms with Gasteiger partial charge in [0.1, 0.15) is 11.6 Å². The average Bonchev–Trinajstić information content (AvgIpc) is 3.47. The zero-order chi connectivity index (χ0) is 21.2. The smallest absolute Gasteiger partial charge is 0.190 e. The fourth-order valence-electron chi connectivity index (χ4n) is 5.40. The van der Waals surface area contributed by atoms with E-state index in [1.165, 1.54) is 13.0 Å². The zero-order valence-electron chi connectivity index (χ0n) is 18.3. The Kier molecular flexibility index (Phi) is 6.48. The van der Waals surface area contributed by atoms with E-state index in [-0.39, 0.29) is 5.82 Å². The van der Waals surface area contributed by atoms with Crippen molar-refractivity contribution in [2.24, 2.45) is 13.0 Å². The fraction of sp³-hybridized carbons (Fsp3) is 0.652. The van der Waals surface area contributed by atoms with Crippen molar-refractivity contribution in [1.29, 1.82) is 0 Å². The summed E-state index contributed by atoms with van der Waals surface area (Å²) in [6.45, 7) is 6.18. The molecule has 8 heteroatoms. The Morgan fingerprint density at radius 1 is 1.10 bits per heavy atom. The number of thioether (sulfide) groups is 1. The lowest BCUT2D eigenvalue weighted by molar-refractivity contribution is 0.0828. The summed E-state index contributed by atoms with van der Waals surface area (Å²) in [6, 6.07) is 7.57. The molecule has 0 bridgehead atoms. The van der Waals surface area contributed by atoms with Gasteiger partial charge in [-0.1, -0.05) is 11.8 Å². The molecule has 0 spiro atoms. The summed E-state index contributed by atoms with van der Waals surface area (Å²) in [5, 5.41) is 9.95. The molecule has 0 N–H and O–H groups in total. The first-order valence-corrected chi connectivity index (χ1v) is 12.5. The molecule has 0 aliphatic carbocycles. The van der Waals surface area contributed by atoms with Crippen molar-refractivity contribution < 1.29 is 9.13 Å². The molecule has 3 saturated heterocycles. The standard InChI is InChI=1S/C23H32FN5OS/c1-27-22(17-8-12-30-13-9-17)25-26-23(27)31-14-2-10-28-15-18-7-11-29(21(18)16-28)20-5-3-19(24)4-6-20/h3-6,17-18,21H,2,7-16H2,1H3/t18-,21+/m0/s1. The Morgan fingerprint density at radius 2 is 1.90 bits per heavy atom. The van der Waals surface area contributed by atoms with Gasteiger partial charge < -0.3 is 19.1 Å². The van der Waals surface area contributed by atoms with Crippen LogP contribution in [-0.2, 0) is 11.8 Å². The van der Waals surface area contributed by atoms with Crippen LogP contribution in [0.3, 0.4) is 0 Å². The topological polar surface area (TPSA) is 46.4 Å². The Bertz CT molecular complexity index is 869. The minimum absolute atomic E-state index is 0.159. The molecule has 2 atom stereocenters. The van der Waals surface area contributed by atoms with Gasteiger partial charge in [-0.15, -0.1) is 10.2 Å². The number of rotatable bonds is 7. The summed E-state index contributed by atoms with van der Waals surface area (Å²) in [6.07, 6.45) is 4.48. The van der Waals surface area contributed by atoms with E-state index >= 15 is 0 Å². The minimum Gasteiger partial charge on any atom is -0.381 e. The quantitative estimate of drug-likeness (QED) is 0.480. The molecule has 6 nitrogen and oxygen atoms in total. The number of aromatic nitrogens is 3. The molecule has 4 heterocycles. The largest absolute Gasteiger partial charge is 0.381 e. The van der Waals surface area contributed by atoms with Crippen molar-refractivity contribution >= 4 is 17.4 Å². The molecule has 31 heavy (non-hydrogen) atoms. The molecule has 1 aromatic heterocycles. The highest BCUT2D eigenvalue weighted by Crippen LogP contribution is 2.35. The first kappa shape index (κ1) is 21.2. The summed E-state index contributed by atoms with van der Waals surface area (Å²) in [7, 11) is 2.10. The summed E-state index contributed by atoms with van der Waals surface area (Å²) in [5.74, 6) is 3.23. The van der Waals surface area contributed by atoms with Gasteiger partial charge in [-0.2, -0.15) is 0 Å². The van der Waals surface area contributed by atoms with E-state index in [0.29, 0.717) is 12.0 Å². The molecular formula is C23H32FN5OS. The first-order valence-electron chi connectivity index (χ1n) is 11.5. The fourth-order valence-corrected chi connectivity index (χ4v) is 6.24. The third kappa shape index (κ3) is 4.61. The molecule has 0 unspecified atom stereocenters. The van der Waals surface area contributed by atoms with E-state index in [1.54, 1.807) is 12.1 Å². The maximum Gasteiger partial charge on any atom is 0.190 e. The highest BCUT2D eigenvalue weighted by atomic mass is 32.2. The number of halogens is 1. The third-order valence-electron chi connectivity index (χ3n) is 7.09. The summed E-state index contributed by atoms with van der Waals surface area (Å²) >= 11 is 1.82. The second-order valence-electron chi connectivity index (χ2n) is 9.03. The van der Waals surface area contributed by atoms with Gasteiger partial charge in [-0.25, -0.2) is 4.39 Å². The SMILES string of the molecule is Cn1c(SCCCN2C[C@@H]3CCN(c4ccc(F)cc4)[C@@H]3C2)nnc1C1CCOCC1. The lowest BCUT2D eigenvalue weighted by atomic mass is 10.00. The molecule has 3 aliphatic rings. The number of anilines is 1. The average molecular weight is 446 g/mol. The summed E-state index contributed by atoms with van der Waals surface area (Å²) in [4.78, 5) is 5.09. The lowest BCUT2D eigenvalue weighted by Crippen LogP contribution is -2.35. The molecule has 0 saturated carbocycles. The van der Waals surface area contributed by atoms with Crippen LogP contribution in [0.15, 0.2) is 29.4 Å². The second kappa shape index (κ2) is 9.46. The highest BCUT2D eigenvalue weighted by molar-refractivity contribution is 7.99. The van der Waals surface area contributed by atoms with E-state index in [1.807, 2.05) is 23.9 Å². The zero-order valence-corrected chi connectivity index (χ0v) is 19.1. The molecule has 2 aromatic rings. The van der Waals surface area contributed by atoms with E-state index < -0.39 is 0 Å². The third-order valence-corrected chi connectivity index (χ3v) is 8.19. The molecule has 3 fully saturated rings. The van der Waals surface area contributed by atoms with Crippen molar-refractivity contribution in [2.75, 3.05) is 50.0 Å². The van der Waals surface area contributed by atoms with Gasteiger partial charge in [0.25, 0.3) is 0 Å². The van der Waals surface area contributed by atoms with E-state index in [0.717, 1.165) is 80.4 Å². The molecule has 1 aromatic carbocycles. The van der Waals surface area contributed by atoms with Gasteiger partial charge in [0.2, 0.25) is 0 Å². The maximum atomic E-state index is 13.3. The van der Waals surface area contributed by atoms with Crippen molar-refractivity contribution in [3.8, 4) is 0 Å². The molecule has 3 aliphatic heterocycles. The molecule has 5 rings (SSSR count). The number of nitrogens with zero attached hydrogens (tertiary/aromatic N) is 5. The Labute approximate surface area is 188 Å². The van der Waals surface area contributed by atoms with Crippen LogP contribution < -0.4 is 4.90 Å². The first-order chi connectivity index (χ1) is 15.2. The van der Waals surface area contributed by atoms with Crippen LogP contribution in [-0.4, -0.2) is 70.9 Å². The van der Waals surface area contributed by atoms with Crippen molar-refractivity contribution in [2.45, 2.75) is 42.8 Å². The van der Waals surface area contributed by atoms with Crippen LogP contribution >= 0.6 is 11.8 Å². The molecular weight excluding hydrogens is 413 g/mol. The molecule has 0 radical (unpaired) electrons. The Balaban J connectivity index is 1.08. The molecule has 168 valence electrons. The van der Waals surface area contributed by atoms with Crippen LogP contribution in [0.4, 0.5) is 10.1 Å². The number of benzene rings is 1. The minimum atomic E-state index is -0.159. The maximum absolute atomic E-state index is 13.3. The van der Waals surface area contributed by atoms with E-state index in [9.17, 15) is 4.39 Å². The van der Waals surface area contributed by atoms with E-state index in [4.69, 9.17) is 4.74 Å². The summed E-state index contributed by atoms with van der Waals surface area (Å²) in [5.41, 5.74) is 1.16.